The molecule has 120 valence electrons. The van der Waals surface area contributed by atoms with E-state index < -0.39 is 0 Å². The van der Waals surface area contributed by atoms with Crippen LogP contribution in [0.5, 0.6) is 0 Å². The molecule has 1 aromatic carbocycles. The molecule has 0 aliphatic rings. The van der Waals surface area contributed by atoms with Crippen LogP contribution in [0.2, 0.25) is 0 Å². The van der Waals surface area contributed by atoms with E-state index in [-0.39, 0.29) is 5.91 Å². The summed E-state index contributed by atoms with van der Waals surface area (Å²) in [6, 6.07) is 8.12. The average Bonchev–Trinajstić information content (AvgIpc) is 3.15. The Morgan fingerprint density at radius 1 is 1.42 bits per heavy atom. The van der Waals surface area contributed by atoms with E-state index in [9.17, 15) is 4.79 Å². The van der Waals surface area contributed by atoms with Crippen LogP contribution in [0.3, 0.4) is 0 Å². The van der Waals surface area contributed by atoms with Gasteiger partial charge in [-0.15, -0.1) is 17.8 Å². The molecule has 24 heavy (non-hydrogen) atoms. The number of benzene rings is 1. The molecule has 3 nitrogen and oxygen atoms in total. The number of hydrogen-bond acceptors (Lipinski definition) is 3. The average molecular weight is 352 g/mol. The predicted molar refractivity (Wildman–Crippen MR) is 102 cm³/mol. The van der Waals surface area contributed by atoms with E-state index in [0.717, 1.165) is 15.1 Å². The van der Waals surface area contributed by atoms with Gasteiger partial charge in [0.05, 0.1) is 16.8 Å². The van der Waals surface area contributed by atoms with E-state index in [0.29, 0.717) is 11.3 Å². The molecule has 0 atom stereocenters. The molecule has 0 saturated heterocycles. The minimum atomic E-state index is -0.282. The van der Waals surface area contributed by atoms with Crippen LogP contribution in [0.25, 0.3) is 16.3 Å². The van der Waals surface area contributed by atoms with Crippen molar-refractivity contribution in [3.63, 3.8) is 0 Å². The highest BCUT2D eigenvalue weighted by molar-refractivity contribution is 7.16. The summed E-state index contributed by atoms with van der Waals surface area (Å²) >= 11 is 3.08. The highest BCUT2D eigenvalue weighted by Crippen LogP contribution is 2.23. The Labute approximate surface area is 148 Å². The summed E-state index contributed by atoms with van der Waals surface area (Å²) in [7, 11) is 0. The molecule has 0 saturated carbocycles. The molecule has 2 heterocycles. The van der Waals surface area contributed by atoms with Gasteiger partial charge in [0.15, 0.2) is 4.80 Å². The number of thiophene rings is 1. The van der Waals surface area contributed by atoms with E-state index >= 15 is 0 Å². The highest BCUT2D eigenvalue weighted by Gasteiger charge is 2.09. The SMILES string of the molecule is C#CCn1c(=NC(=O)/C=C/c2cccs2)sc2c(C)cc(C)cc21. The third-order valence-electron chi connectivity index (χ3n) is 3.50. The zero-order valence-corrected chi connectivity index (χ0v) is 15.1. The van der Waals surface area contributed by atoms with E-state index in [1.807, 2.05) is 22.1 Å². The number of terminal acetylenes is 1. The second kappa shape index (κ2) is 7.00. The molecule has 0 bridgehead atoms. The summed E-state index contributed by atoms with van der Waals surface area (Å²) in [5.41, 5.74) is 3.37. The number of carbonyl (C=O) groups is 1. The molecule has 2 aromatic heterocycles. The monoisotopic (exact) mass is 352 g/mol. The molecular weight excluding hydrogens is 336 g/mol. The molecular formula is C19H16N2OS2. The smallest absolute Gasteiger partial charge is 0.272 e. The Morgan fingerprint density at radius 2 is 2.25 bits per heavy atom. The first-order chi connectivity index (χ1) is 11.6. The largest absolute Gasteiger partial charge is 0.305 e. The zero-order chi connectivity index (χ0) is 17.1. The summed E-state index contributed by atoms with van der Waals surface area (Å²) in [6.45, 7) is 4.51. The second-order valence-corrected chi connectivity index (χ2v) is 7.36. The van der Waals surface area contributed by atoms with Gasteiger partial charge in [-0.3, -0.25) is 4.79 Å². The maximum atomic E-state index is 12.2. The summed E-state index contributed by atoms with van der Waals surface area (Å²) < 4.78 is 3.04. The third kappa shape index (κ3) is 3.40. The molecule has 0 aliphatic heterocycles. The molecule has 0 N–H and O–H groups in total. The van der Waals surface area contributed by atoms with E-state index in [2.05, 4.69) is 36.9 Å². The van der Waals surface area contributed by atoms with Crippen LogP contribution in [-0.2, 0) is 11.3 Å². The Bertz CT molecular complexity index is 1030. The van der Waals surface area contributed by atoms with Crippen molar-refractivity contribution < 1.29 is 4.79 Å². The summed E-state index contributed by atoms with van der Waals surface area (Å²) in [6.07, 6.45) is 8.78. The van der Waals surface area contributed by atoms with Gasteiger partial charge in [-0.25, -0.2) is 0 Å². The number of nitrogens with zero attached hydrogens (tertiary/aromatic N) is 2. The Morgan fingerprint density at radius 3 is 2.96 bits per heavy atom. The fourth-order valence-electron chi connectivity index (χ4n) is 2.51. The lowest BCUT2D eigenvalue weighted by molar-refractivity contribution is -0.113. The van der Waals surface area contributed by atoms with Gasteiger partial charge in [-0.2, -0.15) is 4.99 Å². The topological polar surface area (TPSA) is 34.4 Å². The quantitative estimate of drug-likeness (QED) is 0.515. The maximum Gasteiger partial charge on any atom is 0.272 e. The van der Waals surface area contributed by atoms with Crippen molar-refractivity contribution in [1.82, 2.24) is 4.57 Å². The molecule has 0 spiro atoms. The molecule has 0 fully saturated rings. The van der Waals surface area contributed by atoms with Crippen LogP contribution in [0.15, 0.2) is 40.7 Å². The van der Waals surface area contributed by atoms with Crippen LogP contribution in [0, 0.1) is 26.2 Å². The number of aryl methyl sites for hydroxylation is 2. The maximum absolute atomic E-state index is 12.2. The Balaban J connectivity index is 2.08. The van der Waals surface area contributed by atoms with Gasteiger partial charge in [0.2, 0.25) is 0 Å². The minimum Gasteiger partial charge on any atom is -0.305 e. The van der Waals surface area contributed by atoms with Crippen molar-refractivity contribution in [1.29, 1.82) is 0 Å². The van der Waals surface area contributed by atoms with Gasteiger partial charge in [0.25, 0.3) is 5.91 Å². The molecule has 5 heteroatoms. The molecule has 0 aliphatic carbocycles. The molecule has 0 radical (unpaired) electrons. The van der Waals surface area contributed by atoms with Crippen LogP contribution in [0.4, 0.5) is 0 Å². The lowest BCUT2D eigenvalue weighted by Crippen LogP contribution is -2.15. The van der Waals surface area contributed by atoms with Crippen molar-refractivity contribution in [2.75, 3.05) is 0 Å². The summed E-state index contributed by atoms with van der Waals surface area (Å²) in [4.78, 5) is 18.1. The standard InChI is InChI=1S/C19H16N2OS2/c1-4-9-21-16-12-13(2)11-14(3)18(16)24-19(21)20-17(22)8-7-15-6-5-10-23-15/h1,5-8,10-12H,9H2,2-3H3/b8-7+,20-19?. The molecule has 3 rings (SSSR count). The normalized spacial score (nSPS) is 12.1. The first-order valence-corrected chi connectivity index (χ1v) is 9.12. The van der Waals surface area contributed by atoms with Crippen LogP contribution >= 0.6 is 22.7 Å². The number of amides is 1. The van der Waals surface area contributed by atoms with E-state index in [1.165, 1.54) is 28.5 Å². The van der Waals surface area contributed by atoms with Crippen molar-refractivity contribution in [2.24, 2.45) is 4.99 Å². The van der Waals surface area contributed by atoms with Gasteiger partial charge in [0.1, 0.15) is 0 Å². The zero-order valence-electron chi connectivity index (χ0n) is 13.4. The number of rotatable bonds is 3. The van der Waals surface area contributed by atoms with Crippen molar-refractivity contribution in [2.45, 2.75) is 20.4 Å². The van der Waals surface area contributed by atoms with E-state index in [1.54, 1.807) is 17.4 Å². The fraction of sp³-hybridized carbons (Fsp3) is 0.158. The van der Waals surface area contributed by atoms with Crippen molar-refractivity contribution in [3.8, 4) is 12.3 Å². The van der Waals surface area contributed by atoms with Crippen molar-refractivity contribution >= 4 is 44.9 Å². The third-order valence-corrected chi connectivity index (χ3v) is 5.57. The fourth-order valence-corrected chi connectivity index (χ4v) is 4.22. The van der Waals surface area contributed by atoms with Gasteiger partial charge >= 0.3 is 0 Å². The van der Waals surface area contributed by atoms with Gasteiger partial charge in [-0.1, -0.05) is 29.4 Å². The van der Waals surface area contributed by atoms with Gasteiger partial charge in [-0.05, 0) is 48.6 Å². The lowest BCUT2D eigenvalue weighted by Gasteiger charge is -2.02. The number of fused-ring (bicyclic) bond motifs is 1. The van der Waals surface area contributed by atoms with Gasteiger partial charge in [0, 0.05) is 11.0 Å². The van der Waals surface area contributed by atoms with E-state index in [4.69, 9.17) is 6.42 Å². The molecule has 3 aromatic rings. The van der Waals surface area contributed by atoms with Crippen LogP contribution in [-0.4, -0.2) is 10.5 Å². The molecule has 1 amide bonds. The number of carbonyl (C=O) groups excluding carboxylic acids is 1. The summed E-state index contributed by atoms with van der Waals surface area (Å²) in [5.74, 6) is 2.37. The number of aromatic nitrogens is 1. The first kappa shape index (κ1) is 16.4. The van der Waals surface area contributed by atoms with Crippen LogP contribution < -0.4 is 4.80 Å². The lowest BCUT2D eigenvalue weighted by atomic mass is 10.1. The van der Waals surface area contributed by atoms with Crippen molar-refractivity contribution in [3.05, 3.63) is 56.5 Å². The highest BCUT2D eigenvalue weighted by atomic mass is 32.1. The Kier molecular flexibility index (Phi) is 4.79. The Hall–Kier alpha value is -2.42. The molecule has 0 unspecified atom stereocenters. The van der Waals surface area contributed by atoms with Gasteiger partial charge < -0.3 is 4.57 Å². The summed E-state index contributed by atoms with van der Waals surface area (Å²) in [5, 5.41) is 1.97. The van der Waals surface area contributed by atoms with Crippen LogP contribution in [0.1, 0.15) is 16.0 Å². The number of thiazole rings is 1. The second-order valence-electron chi connectivity index (χ2n) is 5.40. The first-order valence-electron chi connectivity index (χ1n) is 7.43. The number of hydrogen-bond donors (Lipinski definition) is 0. The minimum absolute atomic E-state index is 0.282. The predicted octanol–water partition coefficient (Wildman–Crippen LogP) is 4.16.